The maximum absolute atomic E-state index is 13.0. The van der Waals surface area contributed by atoms with E-state index in [1.165, 1.54) is 6.07 Å². The summed E-state index contributed by atoms with van der Waals surface area (Å²) in [5.74, 6) is -2.64. The fourth-order valence-corrected chi connectivity index (χ4v) is 2.14. The van der Waals surface area contributed by atoms with Crippen LogP contribution in [0.25, 0.3) is 0 Å². The van der Waals surface area contributed by atoms with Crippen LogP contribution < -0.4 is 5.32 Å². The third-order valence-electron chi connectivity index (χ3n) is 2.36. The lowest BCUT2D eigenvalue weighted by Crippen LogP contribution is -2.12. The van der Waals surface area contributed by atoms with Gasteiger partial charge >= 0.3 is 0 Å². The lowest BCUT2D eigenvalue weighted by Gasteiger charge is -2.07. The van der Waals surface area contributed by atoms with Gasteiger partial charge in [-0.05, 0) is 36.4 Å². The molecule has 0 aliphatic rings. The highest BCUT2D eigenvalue weighted by atomic mass is 79.9. The molecule has 6 heteroatoms. The van der Waals surface area contributed by atoms with Gasteiger partial charge in [0.05, 0.1) is 10.7 Å². The number of hydrogen-bond acceptors (Lipinski definition) is 1. The molecule has 1 amide bonds. The van der Waals surface area contributed by atoms with Crippen molar-refractivity contribution in [1.82, 2.24) is 0 Å². The Hall–Kier alpha value is -1.46. The molecule has 0 aromatic heterocycles. The van der Waals surface area contributed by atoms with Crippen LogP contribution in [0.5, 0.6) is 0 Å². The fourth-order valence-electron chi connectivity index (χ4n) is 1.42. The van der Waals surface area contributed by atoms with Gasteiger partial charge in [-0.1, -0.05) is 27.5 Å². The van der Waals surface area contributed by atoms with Crippen molar-refractivity contribution in [3.63, 3.8) is 0 Å². The largest absolute Gasteiger partial charge is 0.321 e. The summed E-state index contributed by atoms with van der Waals surface area (Å²) in [6.45, 7) is 0. The van der Waals surface area contributed by atoms with Gasteiger partial charge in [0.1, 0.15) is 0 Å². The first kappa shape index (κ1) is 14.0. The Bertz CT molecular complexity index is 649. The monoisotopic (exact) mass is 345 g/mol. The van der Waals surface area contributed by atoms with Crippen molar-refractivity contribution in [3.05, 3.63) is 63.1 Å². The molecule has 0 heterocycles. The number of carbonyl (C=O) groups excluding carboxylic acids is 1. The first-order valence-electron chi connectivity index (χ1n) is 5.19. The van der Waals surface area contributed by atoms with Crippen molar-refractivity contribution in [2.75, 3.05) is 5.32 Å². The van der Waals surface area contributed by atoms with Crippen LogP contribution in [-0.4, -0.2) is 5.91 Å². The zero-order valence-corrected chi connectivity index (χ0v) is 11.7. The molecular formula is C13H7BrClF2NO. The van der Waals surface area contributed by atoms with Gasteiger partial charge in [0, 0.05) is 10.0 Å². The van der Waals surface area contributed by atoms with E-state index >= 15 is 0 Å². The summed E-state index contributed by atoms with van der Waals surface area (Å²) in [5, 5.41) is 2.86. The summed E-state index contributed by atoms with van der Waals surface area (Å²) in [4.78, 5) is 11.8. The lowest BCUT2D eigenvalue weighted by atomic mass is 10.2. The van der Waals surface area contributed by atoms with E-state index in [0.717, 1.165) is 16.6 Å². The van der Waals surface area contributed by atoms with Gasteiger partial charge in [0.15, 0.2) is 11.6 Å². The zero-order chi connectivity index (χ0) is 14.0. The molecule has 0 spiro atoms. The minimum Gasteiger partial charge on any atom is -0.321 e. The third kappa shape index (κ3) is 3.30. The standard InChI is InChI=1S/C13H7BrClF2NO/c14-8-2-4-12(9(15)6-8)18-13(19)7-1-3-10(16)11(17)5-7/h1-6H,(H,18,19). The summed E-state index contributed by atoms with van der Waals surface area (Å²) < 4.78 is 26.6. The molecule has 1 N–H and O–H groups in total. The van der Waals surface area contributed by atoms with Crippen molar-refractivity contribution >= 4 is 39.1 Å². The highest BCUT2D eigenvalue weighted by Crippen LogP contribution is 2.26. The minimum atomic E-state index is -1.07. The summed E-state index contributed by atoms with van der Waals surface area (Å²) in [6.07, 6.45) is 0. The fraction of sp³-hybridized carbons (Fsp3) is 0. The zero-order valence-electron chi connectivity index (χ0n) is 9.38. The SMILES string of the molecule is O=C(Nc1ccc(Br)cc1Cl)c1ccc(F)c(F)c1. The van der Waals surface area contributed by atoms with E-state index in [1.54, 1.807) is 18.2 Å². The van der Waals surface area contributed by atoms with E-state index in [9.17, 15) is 13.6 Å². The number of carbonyl (C=O) groups is 1. The lowest BCUT2D eigenvalue weighted by molar-refractivity contribution is 0.102. The number of nitrogens with one attached hydrogen (secondary N) is 1. The second-order valence-electron chi connectivity index (χ2n) is 3.71. The number of hydrogen-bond donors (Lipinski definition) is 1. The second-order valence-corrected chi connectivity index (χ2v) is 5.03. The van der Waals surface area contributed by atoms with Gasteiger partial charge in [-0.15, -0.1) is 0 Å². The Labute approximate surface area is 121 Å². The molecule has 2 aromatic carbocycles. The molecular weight excluding hydrogens is 340 g/mol. The average Bonchev–Trinajstić information content (AvgIpc) is 2.36. The van der Waals surface area contributed by atoms with E-state index in [1.807, 2.05) is 0 Å². The van der Waals surface area contributed by atoms with E-state index in [-0.39, 0.29) is 5.56 Å². The molecule has 0 unspecified atom stereocenters. The molecule has 0 radical (unpaired) electrons. The topological polar surface area (TPSA) is 29.1 Å². The van der Waals surface area contributed by atoms with Crippen molar-refractivity contribution < 1.29 is 13.6 Å². The van der Waals surface area contributed by atoms with Crippen LogP contribution in [0.3, 0.4) is 0 Å². The van der Waals surface area contributed by atoms with Crippen LogP contribution in [0.2, 0.25) is 5.02 Å². The van der Waals surface area contributed by atoms with Crippen molar-refractivity contribution in [2.24, 2.45) is 0 Å². The number of halogens is 4. The molecule has 98 valence electrons. The van der Waals surface area contributed by atoms with Crippen LogP contribution in [0.4, 0.5) is 14.5 Å². The number of anilines is 1. The Morgan fingerprint density at radius 3 is 2.47 bits per heavy atom. The molecule has 0 fully saturated rings. The second kappa shape index (κ2) is 5.67. The minimum absolute atomic E-state index is 0.0119. The molecule has 0 atom stereocenters. The molecule has 2 aromatic rings. The third-order valence-corrected chi connectivity index (χ3v) is 3.17. The van der Waals surface area contributed by atoms with E-state index in [0.29, 0.717) is 10.7 Å². The summed E-state index contributed by atoms with van der Waals surface area (Å²) in [7, 11) is 0. The van der Waals surface area contributed by atoms with Gasteiger partial charge in [-0.25, -0.2) is 8.78 Å². The van der Waals surface area contributed by atoms with E-state index in [2.05, 4.69) is 21.2 Å². The molecule has 2 rings (SSSR count). The average molecular weight is 347 g/mol. The molecule has 2 nitrogen and oxygen atoms in total. The van der Waals surface area contributed by atoms with Gasteiger partial charge in [0.25, 0.3) is 5.91 Å². The van der Waals surface area contributed by atoms with Crippen LogP contribution >= 0.6 is 27.5 Å². The van der Waals surface area contributed by atoms with E-state index in [4.69, 9.17) is 11.6 Å². The first-order chi connectivity index (χ1) is 8.97. The van der Waals surface area contributed by atoms with Gasteiger partial charge < -0.3 is 5.32 Å². The molecule has 0 saturated heterocycles. The molecule has 0 aliphatic heterocycles. The van der Waals surface area contributed by atoms with Gasteiger partial charge in [0.2, 0.25) is 0 Å². The maximum Gasteiger partial charge on any atom is 0.255 e. The Kier molecular flexibility index (Phi) is 4.17. The predicted molar refractivity (Wildman–Crippen MR) is 73.5 cm³/mol. The molecule has 0 aliphatic carbocycles. The molecule has 19 heavy (non-hydrogen) atoms. The summed E-state index contributed by atoms with van der Waals surface area (Å²) in [6, 6.07) is 7.84. The summed E-state index contributed by atoms with van der Waals surface area (Å²) >= 11 is 9.18. The number of rotatable bonds is 2. The Morgan fingerprint density at radius 1 is 1.11 bits per heavy atom. The van der Waals surface area contributed by atoms with Crippen molar-refractivity contribution in [3.8, 4) is 0 Å². The van der Waals surface area contributed by atoms with Crippen LogP contribution in [0.15, 0.2) is 40.9 Å². The smallest absolute Gasteiger partial charge is 0.255 e. The first-order valence-corrected chi connectivity index (χ1v) is 6.36. The predicted octanol–water partition coefficient (Wildman–Crippen LogP) is 4.63. The van der Waals surface area contributed by atoms with E-state index < -0.39 is 17.5 Å². The van der Waals surface area contributed by atoms with Crippen molar-refractivity contribution in [2.45, 2.75) is 0 Å². The normalized spacial score (nSPS) is 10.3. The van der Waals surface area contributed by atoms with Gasteiger partial charge in [-0.2, -0.15) is 0 Å². The van der Waals surface area contributed by atoms with Crippen LogP contribution in [0, 0.1) is 11.6 Å². The van der Waals surface area contributed by atoms with Crippen LogP contribution in [-0.2, 0) is 0 Å². The molecule has 0 bridgehead atoms. The molecule has 0 saturated carbocycles. The quantitative estimate of drug-likeness (QED) is 0.844. The highest BCUT2D eigenvalue weighted by molar-refractivity contribution is 9.10. The number of benzene rings is 2. The number of amides is 1. The summed E-state index contributed by atoms with van der Waals surface area (Å²) in [5.41, 5.74) is 0.400. The van der Waals surface area contributed by atoms with Crippen LogP contribution in [0.1, 0.15) is 10.4 Å². The maximum atomic E-state index is 13.0. The van der Waals surface area contributed by atoms with Crippen molar-refractivity contribution in [1.29, 1.82) is 0 Å². The Balaban J connectivity index is 2.23. The highest BCUT2D eigenvalue weighted by Gasteiger charge is 2.11. The Morgan fingerprint density at radius 2 is 1.84 bits per heavy atom. The van der Waals surface area contributed by atoms with Gasteiger partial charge in [-0.3, -0.25) is 4.79 Å².